The van der Waals surface area contributed by atoms with Gasteiger partial charge < -0.3 is 10.2 Å². The van der Waals surface area contributed by atoms with E-state index < -0.39 is 10.0 Å². The fraction of sp³-hybridized carbons (Fsp3) is 0.619. The lowest BCUT2D eigenvalue weighted by Crippen LogP contribution is -2.31. The van der Waals surface area contributed by atoms with Crippen LogP contribution in [-0.2, 0) is 35.7 Å². The number of sulfonamides is 1. The van der Waals surface area contributed by atoms with Crippen molar-refractivity contribution in [2.75, 3.05) is 39.0 Å². The summed E-state index contributed by atoms with van der Waals surface area (Å²) < 4.78 is 27.6. The van der Waals surface area contributed by atoms with Crippen molar-refractivity contribution in [1.29, 1.82) is 0 Å². The van der Waals surface area contributed by atoms with E-state index in [2.05, 4.69) is 31.5 Å². The van der Waals surface area contributed by atoms with Gasteiger partial charge in [-0.25, -0.2) is 8.42 Å². The molecule has 1 saturated heterocycles. The van der Waals surface area contributed by atoms with Gasteiger partial charge in [0.15, 0.2) is 0 Å². The minimum atomic E-state index is -3.66. The van der Waals surface area contributed by atoms with Gasteiger partial charge in [-0.2, -0.15) is 4.31 Å². The molecule has 1 atom stereocenters. The summed E-state index contributed by atoms with van der Waals surface area (Å²) in [4.78, 5) is 5.05. The summed E-state index contributed by atoms with van der Waals surface area (Å²) in [6.07, 6.45) is 7.58. The molecule has 30 heavy (non-hydrogen) atoms. The zero-order valence-corrected chi connectivity index (χ0v) is 18.6. The number of hydrogen-bond acceptors (Lipinski definition) is 6. The molecule has 2 aliphatic carbocycles. The molecule has 9 heteroatoms. The van der Waals surface area contributed by atoms with Gasteiger partial charge in [0, 0.05) is 25.3 Å². The molecule has 2 N–H and O–H groups in total. The van der Waals surface area contributed by atoms with E-state index in [1.807, 2.05) is 14.1 Å². The second kappa shape index (κ2) is 7.62. The number of rotatable bonds is 6. The number of nitrogens with zero attached hydrogens (tertiary/aromatic N) is 4. The molecule has 8 nitrogen and oxygen atoms in total. The molecule has 5 rings (SSSR count). The van der Waals surface area contributed by atoms with Crippen molar-refractivity contribution in [3.05, 3.63) is 28.3 Å². The molecule has 1 aliphatic heterocycles. The van der Waals surface area contributed by atoms with Crippen molar-refractivity contribution in [3.8, 4) is 0 Å². The third-order valence-corrected chi connectivity index (χ3v) is 8.32. The number of hydrogen-bond donors (Lipinski definition) is 2. The van der Waals surface area contributed by atoms with Gasteiger partial charge in [0.1, 0.15) is 0 Å². The van der Waals surface area contributed by atoms with Crippen LogP contribution in [0.4, 0.5) is 11.6 Å². The van der Waals surface area contributed by atoms with E-state index in [1.54, 1.807) is 0 Å². The number of benzene rings is 1. The smallest absolute Gasteiger partial charge is 0.278 e. The highest BCUT2D eigenvalue weighted by atomic mass is 32.2. The van der Waals surface area contributed by atoms with Gasteiger partial charge in [-0.1, -0.05) is 6.07 Å². The first-order chi connectivity index (χ1) is 14.4. The predicted octanol–water partition coefficient (Wildman–Crippen LogP) is 2.10. The molecular weight excluding hydrogens is 400 g/mol. The number of aromatic nitrogens is 3. The number of nitrogens with one attached hydrogen (secondary N) is 2. The normalized spacial score (nSPS) is 21.4. The van der Waals surface area contributed by atoms with Crippen LogP contribution in [-0.4, -0.2) is 66.5 Å². The maximum absolute atomic E-state index is 13.1. The van der Waals surface area contributed by atoms with Crippen LogP contribution in [0.3, 0.4) is 0 Å². The predicted molar refractivity (Wildman–Crippen MR) is 116 cm³/mol. The lowest BCUT2D eigenvalue weighted by molar-refractivity contribution is 0.329. The molecule has 0 radical (unpaired) electrons. The molecule has 0 unspecified atom stereocenters. The summed E-state index contributed by atoms with van der Waals surface area (Å²) in [5.41, 5.74) is 6.71. The SMILES string of the molecule is CN(C)C[C@@H]1CCN(S(=O)(=O)c2nnc(Nc3c4c(cc5c3CCC5)CCC4)[nH]2)C1. The van der Waals surface area contributed by atoms with E-state index in [9.17, 15) is 8.42 Å². The lowest BCUT2D eigenvalue weighted by atomic mass is 9.99. The van der Waals surface area contributed by atoms with Crippen LogP contribution in [0.5, 0.6) is 0 Å². The fourth-order valence-electron chi connectivity index (χ4n) is 5.31. The Morgan fingerprint density at radius 1 is 1.13 bits per heavy atom. The topological polar surface area (TPSA) is 94.2 Å². The Balaban J connectivity index is 1.37. The van der Waals surface area contributed by atoms with E-state index in [-0.39, 0.29) is 5.16 Å². The second-order valence-electron chi connectivity index (χ2n) is 9.12. The van der Waals surface area contributed by atoms with Crippen LogP contribution >= 0.6 is 0 Å². The van der Waals surface area contributed by atoms with Gasteiger partial charge in [-0.3, -0.25) is 4.98 Å². The van der Waals surface area contributed by atoms with Gasteiger partial charge in [-0.15, -0.1) is 10.2 Å². The summed E-state index contributed by atoms with van der Waals surface area (Å²) >= 11 is 0. The summed E-state index contributed by atoms with van der Waals surface area (Å²) in [6, 6.07) is 2.38. The summed E-state index contributed by atoms with van der Waals surface area (Å²) in [5.74, 6) is 0.761. The summed E-state index contributed by atoms with van der Waals surface area (Å²) in [7, 11) is 0.377. The molecule has 0 bridgehead atoms. The zero-order chi connectivity index (χ0) is 20.9. The van der Waals surface area contributed by atoms with E-state index in [0.29, 0.717) is 25.0 Å². The minimum absolute atomic E-state index is 0.0697. The molecule has 2 heterocycles. The standard InChI is InChI=1S/C21H30N6O2S/c1-26(2)12-14-9-10-27(13-14)30(28,29)21-23-20(24-25-21)22-19-17-7-3-5-15(17)11-16-6-4-8-18(16)19/h11,14H,3-10,12-13H2,1-2H3,(H2,22,23,24,25)/t14-/m0/s1. The van der Waals surface area contributed by atoms with Gasteiger partial charge >= 0.3 is 0 Å². The molecule has 0 spiro atoms. The highest BCUT2D eigenvalue weighted by Crippen LogP contribution is 2.39. The largest absolute Gasteiger partial charge is 0.324 e. The number of aromatic amines is 1. The van der Waals surface area contributed by atoms with E-state index in [4.69, 9.17) is 0 Å². The Morgan fingerprint density at radius 3 is 2.50 bits per heavy atom. The Morgan fingerprint density at radius 2 is 1.83 bits per heavy atom. The fourth-order valence-corrected chi connectivity index (χ4v) is 6.67. The quantitative estimate of drug-likeness (QED) is 0.729. The molecule has 0 amide bonds. The Bertz CT molecular complexity index is 1030. The molecule has 0 saturated carbocycles. The first-order valence-electron chi connectivity index (χ1n) is 10.9. The zero-order valence-electron chi connectivity index (χ0n) is 17.7. The van der Waals surface area contributed by atoms with Crippen LogP contribution in [0.15, 0.2) is 11.2 Å². The van der Waals surface area contributed by atoms with Gasteiger partial charge in [0.05, 0.1) is 0 Å². The van der Waals surface area contributed by atoms with Crippen LogP contribution in [0.25, 0.3) is 0 Å². The highest BCUT2D eigenvalue weighted by Gasteiger charge is 2.35. The molecule has 2 aromatic rings. The third kappa shape index (κ3) is 3.52. The molecule has 3 aliphatic rings. The molecule has 1 fully saturated rings. The number of H-pyrrole nitrogens is 1. The lowest BCUT2D eigenvalue weighted by Gasteiger charge is -2.17. The van der Waals surface area contributed by atoms with Crippen LogP contribution in [0, 0.1) is 5.92 Å². The molecule has 162 valence electrons. The van der Waals surface area contributed by atoms with Gasteiger partial charge in [-0.05, 0) is 87.2 Å². The van der Waals surface area contributed by atoms with Gasteiger partial charge in [0.2, 0.25) is 5.95 Å². The van der Waals surface area contributed by atoms with Crippen molar-refractivity contribution in [2.24, 2.45) is 5.92 Å². The second-order valence-corrected chi connectivity index (χ2v) is 11.0. The Hall–Kier alpha value is -1.97. The first-order valence-corrected chi connectivity index (χ1v) is 12.4. The summed E-state index contributed by atoms with van der Waals surface area (Å²) in [5, 5.41) is 11.5. The van der Waals surface area contributed by atoms with Gasteiger partial charge in [0.25, 0.3) is 15.2 Å². The van der Waals surface area contributed by atoms with E-state index in [1.165, 1.54) is 39.4 Å². The molecule has 1 aromatic heterocycles. The maximum Gasteiger partial charge on any atom is 0.278 e. The number of fused-ring (bicyclic) bond motifs is 2. The monoisotopic (exact) mass is 430 g/mol. The maximum atomic E-state index is 13.1. The van der Waals surface area contributed by atoms with Crippen molar-refractivity contribution in [1.82, 2.24) is 24.4 Å². The Kier molecular flexibility index (Phi) is 5.07. The number of anilines is 2. The third-order valence-electron chi connectivity index (χ3n) is 6.64. The molecule has 1 aromatic carbocycles. The van der Waals surface area contributed by atoms with Crippen LogP contribution in [0.2, 0.25) is 0 Å². The average Bonchev–Trinajstić information content (AvgIpc) is 3.47. The van der Waals surface area contributed by atoms with Crippen molar-refractivity contribution >= 4 is 21.7 Å². The first kappa shape index (κ1) is 20.0. The van der Waals surface area contributed by atoms with Crippen LogP contribution < -0.4 is 5.32 Å². The average molecular weight is 431 g/mol. The van der Waals surface area contributed by atoms with E-state index >= 15 is 0 Å². The van der Waals surface area contributed by atoms with E-state index in [0.717, 1.165) is 44.3 Å². The van der Waals surface area contributed by atoms with Crippen LogP contribution in [0.1, 0.15) is 41.5 Å². The minimum Gasteiger partial charge on any atom is -0.324 e. The Labute approximate surface area is 178 Å². The summed E-state index contributed by atoms with van der Waals surface area (Å²) in [6.45, 7) is 1.95. The van der Waals surface area contributed by atoms with Crippen molar-refractivity contribution in [2.45, 2.75) is 50.1 Å². The van der Waals surface area contributed by atoms with Crippen molar-refractivity contribution in [3.63, 3.8) is 0 Å². The number of aryl methyl sites for hydroxylation is 2. The highest BCUT2D eigenvalue weighted by molar-refractivity contribution is 7.89. The van der Waals surface area contributed by atoms with Crippen molar-refractivity contribution < 1.29 is 8.42 Å². The molecular formula is C21H30N6O2S.